The van der Waals surface area contributed by atoms with Crippen molar-refractivity contribution in [2.45, 2.75) is 11.4 Å². The van der Waals surface area contributed by atoms with Gasteiger partial charge in [-0.2, -0.15) is 0 Å². The maximum Gasteiger partial charge on any atom is 0.253 e. The van der Waals surface area contributed by atoms with Gasteiger partial charge >= 0.3 is 0 Å². The van der Waals surface area contributed by atoms with E-state index >= 15 is 0 Å². The number of hydrogen-bond acceptors (Lipinski definition) is 7. The molecule has 23 heavy (non-hydrogen) atoms. The molecule has 0 spiro atoms. The molecule has 1 aromatic rings. The van der Waals surface area contributed by atoms with Gasteiger partial charge in [-0.05, 0) is 17.7 Å². The first kappa shape index (κ1) is 15.5. The van der Waals surface area contributed by atoms with Crippen LogP contribution in [-0.4, -0.2) is 56.5 Å². The lowest BCUT2D eigenvalue weighted by Crippen LogP contribution is -2.71. The average Bonchev–Trinajstić information content (AvgIpc) is 2.58. The van der Waals surface area contributed by atoms with Crippen LogP contribution in [0.3, 0.4) is 0 Å². The number of carboxylic acid groups (broad SMARTS) is 1. The lowest BCUT2D eigenvalue weighted by Gasteiger charge is -2.50. The first-order chi connectivity index (χ1) is 11.0. The molecule has 2 aliphatic heterocycles. The van der Waals surface area contributed by atoms with Crippen LogP contribution >= 0.6 is 11.8 Å². The van der Waals surface area contributed by atoms with Gasteiger partial charge in [0.25, 0.3) is 11.8 Å². The van der Waals surface area contributed by atoms with Crippen LogP contribution < -0.4 is 10.4 Å². The minimum atomic E-state index is -1.51. The molecule has 3 heterocycles. The van der Waals surface area contributed by atoms with Crippen molar-refractivity contribution in [2.75, 3.05) is 12.4 Å². The Hall–Kier alpha value is -2.39. The quantitative estimate of drug-likeness (QED) is 0.616. The van der Waals surface area contributed by atoms with Gasteiger partial charge in [0.15, 0.2) is 0 Å². The molecule has 0 bridgehead atoms. The standard InChI is InChI=1S/C14H13N3O5S/c18-5-8-6-23-13-9(12(20)17(13)10(8)14(21)22)16-11(19)7-1-3-15-4-2-7/h1-4,9,13,18H,5-6H2,(H,16,19)(H,21,22)/p-1/t9-,13-/m0/s1. The van der Waals surface area contributed by atoms with Gasteiger partial charge in [0, 0.05) is 23.7 Å². The number of hydrogen-bond donors (Lipinski definition) is 2. The molecule has 3 rings (SSSR count). The van der Waals surface area contributed by atoms with E-state index in [0.29, 0.717) is 5.56 Å². The number of thioether (sulfide) groups is 1. The molecule has 1 fully saturated rings. The molecular formula is C14H12N3O5S-. The van der Waals surface area contributed by atoms with Crippen LogP contribution in [0.5, 0.6) is 0 Å². The summed E-state index contributed by atoms with van der Waals surface area (Å²) in [5.74, 6) is -2.21. The first-order valence-electron chi connectivity index (χ1n) is 6.74. The summed E-state index contributed by atoms with van der Waals surface area (Å²) in [6, 6.07) is 2.22. The smallest absolute Gasteiger partial charge is 0.253 e. The number of aliphatic carboxylic acids is 1. The number of carbonyl (C=O) groups is 3. The van der Waals surface area contributed by atoms with Gasteiger partial charge in [0.2, 0.25) is 0 Å². The number of β-lactam (4-membered cyclic amide) rings is 1. The molecule has 2 atom stereocenters. The van der Waals surface area contributed by atoms with E-state index in [2.05, 4.69) is 10.3 Å². The summed E-state index contributed by atoms with van der Waals surface area (Å²) in [5, 5.41) is 22.5. The van der Waals surface area contributed by atoms with Crippen molar-refractivity contribution in [1.29, 1.82) is 0 Å². The van der Waals surface area contributed by atoms with Crippen molar-refractivity contribution >= 4 is 29.5 Å². The molecule has 0 aliphatic carbocycles. The molecule has 1 aromatic heterocycles. The summed E-state index contributed by atoms with van der Waals surface area (Å²) in [5.41, 5.74) is 0.299. The van der Waals surface area contributed by atoms with E-state index in [0.717, 1.165) is 4.90 Å². The molecule has 0 radical (unpaired) electrons. The second-order valence-corrected chi connectivity index (χ2v) is 6.10. The summed E-state index contributed by atoms with van der Waals surface area (Å²) >= 11 is 1.28. The van der Waals surface area contributed by atoms with Crippen LogP contribution in [0.2, 0.25) is 0 Å². The Morgan fingerprint density at radius 2 is 2.13 bits per heavy atom. The number of nitrogens with one attached hydrogen (secondary N) is 1. The van der Waals surface area contributed by atoms with Crippen molar-refractivity contribution in [3.8, 4) is 0 Å². The van der Waals surface area contributed by atoms with Gasteiger partial charge in [-0.3, -0.25) is 19.5 Å². The van der Waals surface area contributed by atoms with Crippen molar-refractivity contribution in [2.24, 2.45) is 0 Å². The van der Waals surface area contributed by atoms with E-state index in [1.165, 1.54) is 36.3 Å². The maximum atomic E-state index is 12.2. The topological polar surface area (TPSA) is 123 Å². The molecule has 2 amide bonds. The fourth-order valence-corrected chi connectivity index (χ4v) is 3.86. The number of carboxylic acids is 1. The fraction of sp³-hybridized carbons (Fsp3) is 0.286. The van der Waals surface area contributed by atoms with E-state index in [1.807, 2.05) is 0 Å². The van der Waals surface area contributed by atoms with Crippen LogP contribution in [-0.2, 0) is 9.59 Å². The second-order valence-electron chi connectivity index (χ2n) is 4.99. The Kier molecular flexibility index (Phi) is 4.05. The molecule has 0 unspecified atom stereocenters. The Balaban J connectivity index is 1.77. The van der Waals surface area contributed by atoms with Gasteiger partial charge < -0.3 is 20.3 Å². The van der Waals surface area contributed by atoms with Gasteiger partial charge in [0.05, 0.1) is 18.3 Å². The number of aliphatic hydroxyl groups excluding tert-OH is 1. The number of amides is 2. The summed E-state index contributed by atoms with van der Waals surface area (Å²) in [7, 11) is 0. The summed E-state index contributed by atoms with van der Waals surface area (Å²) in [6.07, 6.45) is 2.92. The fourth-order valence-electron chi connectivity index (χ4n) is 2.52. The molecule has 0 saturated carbocycles. The van der Waals surface area contributed by atoms with Crippen molar-refractivity contribution in [3.05, 3.63) is 41.4 Å². The van der Waals surface area contributed by atoms with Crippen molar-refractivity contribution < 1.29 is 24.6 Å². The number of fused-ring (bicyclic) bond motifs is 1. The van der Waals surface area contributed by atoms with E-state index in [9.17, 15) is 24.6 Å². The summed E-state index contributed by atoms with van der Waals surface area (Å²) < 4.78 is 0. The van der Waals surface area contributed by atoms with Crippen LogP contribution in [0.4, 0.5) is 0 Å². The van der Waals surface area contributed by atoms with E-state index < -0.39 is 35.8 Å². The van der Waals surface area contributed by atoms with E-state index in [1.54, 1.807) is 0 Å². The number of pyridine rings is 1. The Labute approximate surface area is 135 Å². The third kappa shape index (κ3) is 2.57. The molecule has 8 nitrogen and oxygen atoms in total. The Morgan fingerprint density at radius 1 is 1.43 bits per heavy atom. The number of carbonyl (C=O) groups excluding carboxylic acids is 3. The Morgan fingerprint density at radius 3 is 2.74 bits per heavy atom. The lowest BCUT2D eigenvalue weighted by atomic mass is 10.0. The van der Waals surface area contributed by atoms with Crippen molar-refractivity contribution in [1.82, 2.24) is 15.2 Å². The third-order valence-electron chi connectivity index (χ3n) is 3.66. The van der Waals surface area contributed by atoms with Crippen LogP contribution in [0.1, 0.15) is 10.4 Å². The predicted octanol–water partition coefficient (Wildman–Crippen LogP) is -1.91. The highest BCUT2D eigenvalue weighted by Gasteiger charge is 2.52. The molecule has 120 valence electrons. The minimum Gasteiger partial charge on any atom is -0.543 e. The Bertz CT molecular complexity index is 706. The van der Waals surface area contributed by atoms with Crippen LogP contribution in [0.25, 0.3) is 0 Å². The van der Waals surface area contributed by atoms with E-state index in [-0.39, 0.29) is 17.0 Å². The number of nitrogens with zero attached hydrogens (tertiary/aromatic N) is 2. The molecule has 1 saturated heterocycles. The monoisotopic (exact) mass is 334 g/mol. The predicted molar refractivity (Wildman–Crippen MR) is 77.7 cm³/mol. The summed E-state index contributed by atoms with van der Waals surface area (Å²) in [4.78, 5) is 40.4. The maximum absolute atomic E-state index is 12.2. The lowest BCUT2D eigenvalue weighted by molar-refractivity contribution is -0.301. The minimum absolute atomic E-state index is 0.235. The summed E-state index contributed by atoms with van der Waals surface area (Å²) in [6.45, 7) is -0.457. The second kappa shape index (κ2) is 6.01. The third-order valence-corrected chi connectivity index (χ3v) is 5.00. The van der Waals surface area contributed by atoms with Gasteiger partial charge in [-0.1, -0.05) is 0 Å². The molecule has 2 aliphatic rings. The zero-order valence-electron chi connectivity index (χ0n) is 11.8. The SMILES string of the molecule is O=C([O-])C1=C(CO)CS[C@H]2[C@@H](NC(=O)c3ccncc3)C(=O)N12. The number of rotatable bonds is 4. The van der Waals surface area contributed by atoms with Gasteiger partial charge in [-0.15, -0.1) is 11.8 Å². The zero-order valence-corrected chi connectivity index (χ0v) is 12.6. The normalized spacial score (nSPS) is 23.2. The van der Waals surface area contributed by atoms with Crippen molar-refractivity contribution in [3.63, 3.8) is 0 Å². The number of aromatic nitrogens is 1. The zero-order chi connectivity index (χ0) is 16.6. The van der Waals surface area contributed by atoms with Crippen LogP contribution in [0, 0.1) is 0 Å². The highest BCUT2D eigenvalue weighted by molar-refractivity contribution is 8.00. The van der Waals surface area contributed by atoms with Gasteiger partial charge in [-0.25, -0.2) is 0 Å². The van der Waals surface area contributed by atoms with Crippen LogP contribution in [0.15, 0.2) is 35.8 Å². The highest BCUT2D eigenvalue weighted by Crippen LogP contribution is 2.39. The average molecular weight is 334 g/mol. The first-order valence-corrected chi connectivity index (χ1v) is 7.79. The highest BCUT2D eigenvalue weighted by atomic mass is 32.2. The number of aliphatic hydroxyl groups is 1. The molecule has 2 N–H and O–H groups in total. The molecule has 9 heteroatoms. The van der Waals surface area contributed by atoms with Gasteiger partial charge in [0.1, 0.15) is 11.4 Å². The largest absolute Gasteiger partial charge is 0.543 e. The molecule has 0 aromatic carbocycles. The molecular weight excluding hydrogens is 322 g/mol. The van der Waals surface area contributed by atoms with E-state index in [4.69, 9.17) is 0 Å².